The number of urea groups is 1. The first-order chi connectivity index (χ1) is 31.5. The van der Waals surface area contributed by atoms with Crippen LogP contribution in [-0.2, 0) is 20.7 Å². The molecule has 0 spiro atoms. The van der Waals surface area contributed by atoms with Gasteiger partial charge in [0.25, 0.3) is 11.8 Å². The number of benzene rings is 3. The van der Waals surface area contributed by atoms with Crippen LogP contribution in [0, 0.1) is 12.7 Å². The van der Waals surface area contributed by atoms with Crippen molar-refractivity contribution in [2.45, 2.75) is 44.2 Å². The van der Waals surface area contributed by atoms with Gasteiger partial charge in [-0.15, -0.1) is 0 Å². The number of hydrogen-bond acceptors (Lipinski definition) is 12. The first kappa shape index (κ1) is 43.4. The number of methoxy groups -OCH3 is 1. The van der Waals surface area contributed by atoms with Crippen molar-refractivity contribution in [2.24, 2.45) is 0 Å². The number of hydrogen-bond donors (Lipinski definition) is 3. The molecule has 9 rings (SSSR count). The summed E-state index contributed by atoms with van der Waals surface area (Å²) in [5.41, 5.74) is 5.08. The van der Waals surface area contributed by atoms with Gasteiger partial charge in [-0.3, -0.25) is 44.5 Å². The summed E-state index contributed by atoms with van der Waals surface area (Å²) in [5, 5.41) is 13.4. The van der Waals surface area contributed by atoms with Crippen LogP contribution in [-0.4, -0.2) is 142 Å². The van der Waals surface area contributed by atoms with E-state index in [2.05, 4.69) is 30.7 Å². The van der Waals surface area contributed by atoms with Crippen molar-refractivity contribution in [1.82, 2.24) is 45.1 Å². The van der Waals surface area contributed by atoms with Crippen LogP contribution in [0.5, 0.6) is 0 Å². The summed E-state index contributed by atoms with van der Waals surface area (Å²) < 4.78 is 21.3. The fourth-order valence-corrected chi connectivity index (χ4v) is 9.23. The molecule has 0 bridgehead atoms. The molecule has 3 saturated heterocycles. The molecule has 65 heavy (non-hydrogen) atoms. The maximum Gasteiger partial charge on any atom is 0.320 e. The Morgan fingerprint density at radius 1 is 0.877 bits per heavy atom. The van der Waals surface area contributed by atoms with Crippen LogP contribution in [0.1, 0.15) is 56.2 Å². The van der Waals surface area contributed by atoms with Crippen LogP contribution in [0.15, 0.2) is 85.2 Å². The number of carbonyl (C=O) groups is 5. The molecule has 3 atom stereocenters. The molecule has 0 aliphatic carbocycles. The first-order valence-electron chi connectivity index (χ1n) is 21.9. The molecule has 5 aromatic rings. The molecule has 2 aromatic heterocycles. The molecule has 0 radical (unpaired) electrons. The van der Waals surface area contributed by atoms with Gasteiger partial charge in [-0.1, -0.05) is 36.4 Å². The molecule has 6 heterocycles. The highest BCUT2D eigenvalue weighted by Crippen LogP contribution is 2.33. The molecule has 17 nitrogen and oxygen atoms in total. The summed E-state index contributed by atoms with van der Waals surface area (Å²) in [4.78, 5) is 81.5. The molecule has 3 fully saturated rings. The van der Waals surface area contributed by atoms with Crippen LogP contribution >= 0.6 is 0 Å². The van der Waals surface area contributed by atoms with Gasteiger partial charge >= 0.3 is 6.03 Å². The largest absolute Gasteiger partial charge is 0.383 e. The van der Waals surface area contributed by atoms with Gasteiger partial charge in [-0.2, -0.15) is 5.10 Å². The lowest BCUT2D eigenvalue weighted by Crippen LogP contribution is -2.54. The second kappa shape index (κ2) is 18.7. The Morgan fingerprint density at radius 3 is 2.38 bits per heavy atom. The third kappa shape index (κ3) is 9.09. The number of likely N-dealkylation sites (tertiary alicyclic amines) is 1. The van der Waals surface area contributed by atoms with E-state index in [4.69, 9.17) is 19.8 Å². The van der Waals surface area contributed by atoms with Crippen molar-refractivity contribution < 1.29 is 33.1 Å². The van der Waals surface area contributed by atoms with Crippen molar-refractivity contribution >= 4 is 41.4 Å². The Bertz CT molecular complexity index is 2620. The number of ether oxygens (including phenoxy) is 1. The highest BCUT2D eigenvalue weighted by atomic mass is 19.1. The number of piperazine rings is 1. The van der Waals surface area contributed by atoms with Gasteiger partial charge in [-0.05, 0) is 67.3 Å². The Balaban J connectivity index is 0.833. The number of nitrogens with one attached hydrogen (secondary N) is 3. The molecule has 18 heteroatoms. The van der Waals surface area contributed by atoms with E-state index >= 15 is 0 Å². The lowest BCUT2D eigenvalue weighted by atomic mass is 9.94. The van der Waals surface area contributed by atoms with Crippen LogP contribution in [0.2, 0.25) is 0 Å². The quantitative estimate of drug-likeness (QED) is 0.146. The average molecular weight is 884 g/mol. The van der Waals surface area contributed by atoms with E-state index in [9.17, 15) is 28.4 Å². The molecule has 1 unspecified atom stereocenters. The van der Waals surface area contributed by atoms with Crippen LogP contribution < -0.4 is 20.9 Å². The first-order valence-corrected chi connectivity index (χ1v) is 21.9. The minimum Gasteiger partial charge on any atom is -0.383 e. The minimum absolute atomic E-state index is 0.0722. The zero-order valence-electron chi connectivity index (χ0n) is 36.2. The van der Waals surface area contributed by atoms with E-state index in [0.29, 0.717) is 68.8 Å². The highest BCUT2D eigenvalue weighted by Gasteiger charge is 2.44. The summed E-state index contributed by atoms with van der Waals surface area (Å²) >= 11 is 0. The van der Waals surface area contributed by atoms with Gasteiger partial charge in [0.2, 0.25) is 17.8 Å². The summed E-state index contributed by atoms with van der Waals surface area (Å²) in [6.07, 6.45) is 4.35. The number of aromatic nitrogens is 4. The topological polar surface area (TPSA) is 187 Å². The second-order valence-corrected chi connectivity index (χ2v) is 16.9. The molecule has 4 aliphatic heterocycles. The number of rotatable bonds is 13. The Kier molecular flexibility index (Phi) is 12.5. The van der Waals surface area contributed by atoms with Gasteiger partial charge < -0.3 is 15.0 Å². The Labute approximate surface area is 374 Å². The maximum absolute atomic E-state index is 14.3. The SMILES string of the molecule is COCCN1C[C@@H](NC(=O)Nc2c(C)c(-c3cnc(N4CCN(CCc5ccc6c(c5)C(=O)N(C5CCC(=O)NC5=O)C6=O)CC4)nc3)nn2-c2ccccc2)[C@H](c2cccc(F)c2)C1. The van der Waals surface area contributed by atoms with E-state index in [0.717, 1.165) is 46.9 Å². The van der Waals surface area contributed by atoms with Gasteiger partial charge in [0.15, 0.2) is 0 Å². The highest BCUT2D eigenvalue weighted by molar-refractivity contribution is 6.23. The van der Waals surface area contributed by atoms with Crippen molar-refractivity contribution in [3.8, 4) is 16.9 Å². The monoisotopic (exact) mass is 883 g/mol. The fourth-order valence-electron chi connectivity index (χ4n) is 9.23. The molecule has 336 valence electrons. The number of piperidine rings is 1. The third-order valence-electron chi connectivity index (χ3n) is 12.7. The van der Waals surface area contributed by atoms with Gasteiger partial charge in [0.1, 0.15) is 23.4 Å². The number of amides is 6. The van der Waals surface area contributed by atoms with Gasteiger partial charge in [0, 0.05) is 95.3 Å². The zero-order chi connectivity index (χ0) is 45.2. The number of carbonyl (C=O) groups excluding carboxylic acids is 5. The smallest absolute Gasteiger partial charge is 0.320 e. The maximum atomic E-state index is 14.3. The van der Waals surface area contributed by atoms with Crippen molar-refractivity contribution in [3.05, 3.63) is 119 Å². The van der Waals surface area contributed by atoms with Crippen LogP contribution in [0.4, 0.5) is 21.0 Å². The number of para-hydroxylation sites is 1. The number of nitrogens with zero attached hydrogens (tertiary/aromatic N) is 8. The fraction of sp³-hybridized carbons (Fsp3) is 0.362. The summed E-state index contributed by atoms with van der Waals surface area (Å²) in [7, 11) is 1.65. The van der Waals surface area contributed by atoms with E-state index in [1.807, 2.05) is 49.4 Å². The average Bonchev–Trinajstić information content (AvgIpc) is 3.95. The number of fused-ring (bicyclic) bond motifs is 1. The number of anilines is 2. The van der Waals surface area contributed by atoms with Gasteiger partial charge in [-0.25, -0.2) is 23.8 Å². The molecular weight excluding hydrogens is 834 g/mol. The minimum atomic E-state index is -0.996. The van der Waals surface area contributed by atoms with E-state index < -0.39 is 35.7 Å². The van der Waals surface area contributed by atoms with Gasteiger partial charge in [0.05, 0.1) is 29.5 Å². The Morgan fingerprint density at radius 2 is 1.65 bits per heavy atom. The van der Waals surface area contributed by atoms with Crippen LogP contribution in [0.3, 0.4) is 0 Å². The number of imide groups is 2. The standard InChI is InChI=1S/C47H50FN11O6/c1-29-41(54-59(34-9-4-3-5-10-34)42(29)53-47(64)51-38-28-56(21-22-65-2)27-37(38)31-7-6-8-33(48)24-31)32-25-49-46(50-26-32)57-19-17-55(18-20-57)16-15-30-11-12-35-36(23-30)45(63)58(44(35)62)39-13-14-40(60)52-43(39)61/h3-12,23-26,37-39H,13-22,27-28H2,1-2H3,(H2,51,53,64)(H,52,60,61)/t37-,38+,39?/m0/s1. The van der Waals surface area contributed by atoms with E-state index in [1.54, 1.807) is 42.4 Å². The molecular formula is C47H50FN11O6. The van der Waals surface area contributed by atoms with E-state index in [-0.39, 0.29) is 41.7 Å². The molecule has 3 N–H and O–H groups in total. The van der Waals surface area contributed by atoms with Crippen molar-refractivity contribution in [3.63, 3.8) is 0 Å². The van der Waals surface area contributed by atoms with Crippen molar-refractivity contribution in [1.29, 1.82) is 0 Å². The summed E-state index contributed by atoms with van der Waals surface area (Å²) in [6, 6.07) is 19.7. The predicted octanol–water partition coefficient (Wildman–Crippen LogP) is 3.78. The summed E-state index contributed by atoms with van der Waals surface area (Å²) in [6.45, 7) is 8.04. The second-order valence-electron chi connectivity index (χ2n) is 16.9. The third-order valence-corrected chi connectivity index (χ3v) is 12.7. The normalized spacial score (nSPS) is 20.3. The molecule has 0 saturated carbocycles. The lowest BCUT2D eigenvalue weighted by Gasteiger charge is -2.34. The van der Waals surface area contributed by atoms with E-state index in [1.165, 1.54) is 12.1 Å². The molecule has 3 aromatic carbocycles. The zero-order valence-corrected chi connectivity index (χ0v) is 36.2. The number of halogens is 1. The molecule has 6 amide bonds. The Hall–Kier alpha value is -6.89. The summed E-state index contributed by atoms with van der Waals surface area (Å²) in [5.74, 6) is -1.41. The lowest BCUT2D eigenvalue weighted by molar-refractivity contribution is -0.136. The predicted molar refractivity (Wildman–Crippen MR) is 238 cm³/mol. The van der Waals surface area contributed by atoms with Crippen LogP contribution in [0.25, 0.3) is 16.9 Å². The molecule has 4 aliphatic rings. The van der Waals surface area contributed by atoms with Crippen molar-refractivity contribution in [2.75, 3.05) is 76.3 Å².